The molecular weight excluding hydrogens is 270 g/mol. The molecule has 0 radical (unpaired) electrons. The van der Waals surface area contributed by atoms with E-state index in [0.29, 0.717) is 6.04 Å². The number of halogens is 1. The summed E-state index contributed by atoms with van der Waals surface area (Å²) >= 11 is 6.32. The Balaban J connectivity index is 1.91. The highest BCUT2D eigenvalue weighted by Gasteiger charge is 2.21. The maximum Gasteiger partial charge on any atom is 0.0954 e. The number of aromatic nitrogens is 2. The number of benzene rings is 1. The molecule has 20 heavy (non-hydrogen) atoms. The Hall–Kier alpha value is -1.32. The minimum Gasteiger partial charge on any atom is -0.326 e. The lowest BCUT2D eigenvalue weighted by Crippen LogP contribution is -2.29. The fraction of sp³-hybridized carbons (Fsp3) is 0.438. The van der Waals surface area contributed by atoms with Crippen molar-refractivity contribution in [3.05, 3.63) is 53.1 Å². The van der Waals surface area contributed by atoms with E-state index in [1.807, 2.05) is 30.7 Å². The maximum atomic E-state index is 6.32. The topological polar surface area (TPSA) is 29.9 Å². The number of rotatable bonds is 3. The average molecular weight is 290 g/mol. The summed E-state index contributed by atoms with van der Waals surface area (Å²) in [5, 5.41) is 4.40. The van der Waals surface area contributed by atoms with E-state index in [2.05, 4.69) is 27.9 Å². The Kier molecular flexibility index (Phi) is 4.08. The molecule has 1 aliphatic heterocycles. The molecule has 1 aromatic carbocycles. The van der Waals surface area contributed by atoms with Gasteiger partial charge in [0.05, 0.1) is 18.1 Å². The first-order valence-corrected chi connectivity index (χ1v) is 7.64. The molecule has 2 aromatic rings. The van der Waals surface area contributed by atoms with Crippen molar-refractivity contribution in [2.45, 2.75) is 38.3 Å². The first-order valence-electron chi connectivity index (χ1n) is 7.27. The zero-order valence-corrected chi connectivity index (χ0v) is 12.5. The highest BCUT2D eigenvalue weighted by Crippen LogP contribution is 2.30. The molecule has 3 rings (SSSR count). The Morgan fingerprint density at radius 3 is 2.95 bits per heavy atom. The Morgan fingerprint density at radius 2 is 2.20 bits per heavy atom. The van der Waals surface area contributed by atoms with Gasteiger partial charge in [0, 0.05) is 17.3 Å². The third-order valence-corrected chi connectivity index (χ3v) is 4.48. The predicted molar refractivity (Wildman–Crippen MR) is 82.1 cm³/mol. The van der Waals surface area contributed by atoms with Gasteiger partial charge in [0.15, 0.2) is 0 Å². The van der Waals surface area contributed by atoms with Crippen molar-refractivity contribution < 1.29 is 0 Å². The van der Waals surface area contributed by atoms with Crippen LogP contribution in [0, 0.1) is 0 Å². The minimum absolute atomic E-state index is 0.199. The largest absolute Gasteiger partial charge is 0.326 e. The van der Waals surface area contributed by atoms with Crippen LogP contribution in [0.4, 0.5) is 0 Å². The predicted octanol–water partition coefficient (Wildman–Crippen LogP) is 3.96. The Morgan fingerprint density at radius 1 is 1.35 bits per heavy atom. The van der Waals surface area contributed by atoms with Gasteiger partial charge in [-0.2, -0.15) is 0 Å². The second-order valence-electron chi connectivity index (χ2n) is 5.43. The molecule has 4 heteroatoms. The van der Waals surface area contributed by atoms with Gasteiger partial charge in [0.2, 0.25) is 0 Å². The van der Waals surface area contributed by atoms with Gasteiger partial charge in [-0.3, -0.25) is 0 Å². The van der Waals surface area contributed by atoms with Gasteiger partial charge in [-0.1, -0.05) is 36.2 Å². The SMILES string of the molecule is CC(c1ccccc1Cl)n1cncc1C1CCCCN1. The van der Waals surface area contributed by atoms with Crippen LogP contribution < -0.4 is 5.32 Å². The normalized spacial score (nSPS) is 20.8. The van der Waals surface area contributed by atoms with Crippen molar-refractivity contribution in [3.8, 4) is 0 Å². The van der Waals surface area contributed by atoms with Crippen molar-refractivity contribution in [1.82, 2.24) is 14.9 Å². The van der Waals surface area contributed by atoms with Crippen LogP contribution in [0.3, 0.4) is 0 Å². The van der Waals surface area contributed by atoms with Crippen LogP contribution in [-0.4, -0.2) is 16.1 Å². The molecule has 1 aromatic heterocycles. The van der Waals surface area contributed by atoms with Crippen molar-refractivity contribution in [2.24, 2.45) is 0 Å². The third kappa shape index (κ3) is 2.60. The molecule has 1 N–H and O–H groups in total. The Bertz CT molecular complexity index is 573. The summed E-state index contributed by atoms with van der Waals surface area (Å²) < 4.78 is 2.24. The van der Waals surface area contributed by atoms with Gasteiger partial charge in [-0.25, -0.2) is 4.98 Å². The molecule has 0 spiro atoms. The minimum atomic E-state index is 0.199. The third-order valence-electron chi connectivity index (χ3n) is 4.14. The second-order valence-corrected chi connectivity index (χ2v) is 5.83. The lowest BCUT2D eigenvalue weighted by atomic mass is 10.0. The van der Waals surface area contributed by atoms with E-state index in [9.17, 15) is 0 Å². The molecular formula is C16H20ClN3. The molecule has 0 saturated carbocycles. The zero-order valence-electron chi connectivity index (χ0n) is 11.7. The maximum absolute atomic E-state index is 6.32. The van der Waals surface area contributed by atoms with E-state index in [-0.39, 0.29) is 6.04 Å². The summed E-state index contributed by atoms with van der Waals surface area (Å²) in [4.78, 5) is 4.35. The van der Waals surface area contributed by atoms with Crippen molar-refractivity contribution in [1.29, 1.82) is 0 Å². The summed E-state index contributed by atoms with van der Waals surface area (Å²) in [7, 11) is 0. The van der Waals surface area contributed by atoms with Crippen LogP contribution in [-0.2, 0) is 0 Å². The van der Waals surface area contributed by atoms with Gasteiger partial charge < -0.3 is 9.88 Å². The van der Waals surface area contributed by atoms with E-state index in [0.717, 1.165) is 17.1 Å². The summed E-state index contributed by atoms with van der Waals surface area (Å²) in [6.45, 7) is 3.27. The van der Waals surface area contributed by atoms with Crippen LogP contribution in [0.2, 0.25) is 5.02 Å². The molecule has 0 amide bonds. The van der Waals surface area contributed by atoms with Gasteiger partial charge in [0.1, 0.15) is 0 Å². The summed E-state index contributed by atoms with van der Waals surface area (Å²) in [6.07, 6.45) is 7.63. The van der Waals surface area contributed by atoms with Crippen LogP contribution >= 0.6 is 11.6 Å². The summed E-state index contributed by atoms with van der Waals surface area (Å²) in [5.74, 6) is 0. The molecule has 1 aliphatic rings. The van der Waals surface area contributed by atoms with E-state index >= 15 is 0 Å². The molecule has 2 heterocycles. The van der Waals surface area contributed by atoms with Gasteiger partial charge >= 0.3 is 0 Å². The monoisotopic (exact) mass is 289 g/mol. The molecule has 0 aliphatic carbocycles. The number of hydrogen-bond donors (Lipinski definition) is 1. The first kappa shape index (κ1) is 13.7. The van der Waals surface area contributed by atoms with E-state index in [1.165, 1.54) is 25.0 Å². The van der Waals surface area contributed by atoms with Crippen LogP contribution in [0.25, 0.3) is 0 Å². The fourth-order valence-corrected chi connectivity index (χ4v) is 3.27. The first-order chi connectivity index (χ1) is 9.77. The van der Waals surface area contributed by atoms with E-state index in [1.54, 1.807) is 0 Å². The van der Waals surface area contributed by atoms with Crippen LogP contribution in [0.1, 0.15) is 49.5 Å². The summed E-state index contributed by atoms with van der Waals surface area (Å²) in [6, 6.07) is 8.65. The molecule has 0 bridgehead atoms. The molecule has 106 valence electrons. The van der Waals surface area contributed by atoms with Gasteiger partial charge in [-0.15, -0.1) is 0 Å². The van der Waals surface area contributed by atoms with Crippen LogP contribution in [0.5, 0.6) is 0 Å². The average Bonchev–Trinajstić information content (AvgIpc) is 2.97. The lowest BCUT2D eigenvalue weighted by Gasteiger charge is -2.27. The lowest BCUT2D eigenvalue weighted by molar-refractivity contribution is 0.389. The number of nitrogens with zero attached hydrogens (tertiary/aromatic N) is 2. The molecule has 1 saturated heterocycles. The second kappa shape index (κ2) is 5.98. The number of nitrogens with one attached hydrogen (secondary N) is 1. The van der Waals surface area contributed by atoms with Crippen molar-refractivity contribution in [3.63, 3.8) is 0 Å². The molecule has 3 nitrogen and oxygen atoms in total. The van der Waals surface area contributed by atoms with Crippen LogP contribution in [0.15, 0.2) is 36.8 Å². The molecule has 2 atom stereocenters. The van der Waals surface area contributed by atoms with Gasteiger partial charge in [-0.05, 0) is 37.9 Å². The smallest absolute Gasteiger partial charge is 0.0954 e. The fourth-order valence-electron chi connectivity index (χ4n) is 2.98. The van der Waals surface area contributed by atoms with E-state index in [4.69, 9.17) is 11.6 Å². The number of hydrogen-bond acceptors (Lipinski definition) is 2. The molecule has 1 fully saturated rings. The highest BCUT2D eigenvalue weighted by atomic mass is 35.5. The highest BCUT2D eigenvalue weighted by molar-refractivity contribution is 6.31. The van der Waals surface area contributed by atoms with E-state index < -0.39 is 0 Å². The van der Waals surface area contributed by atoms with Crippen molar-refractivity contribution >= 4 is 11.6 Å². The van der Waals surface area contributed by atoms with Crippen molar-refractivity contribution in [2.75, 3.05) is 6.54 Å². The summed E-state index contributed by atoms with van der Waals surface area (Å²) in [5.41, 5.74) is 2.40. The quantitative estimate of drug-likeness (QED) is 0.927. The number of imidazole rings is 1. The van der Waals surface area contributed by atoms with Gasteiger partial charge in [0.25, 0.3) is 0 Å². The zero-order chi connectivity index (χ0) is 13.9. The molecule has 2 unspecified atom stereocenters. The standard InChI is InChI=1S/C16H20ClN3/c1-12(13-6-2-3-7-14(13)17)20-11-18-10-16(20)15-8-4-5-9-19-15/h2-3,6-7,10-12,15,19H,4-5,8-9H2,1H3. The number of piperidine rings is 1. The Labute approximate surface area is 125 Å².